The van der Waals surface area contributed by atoms with E-state index >= 15 is 0 Å². The van der Waals surface area contributed by atoms with Crippen molar-refractivity contribution in [3.05, 3.63) is 47.7 Å². The van der Waals surface area contributed by atoms with E-state index < -0.39 is 41.2 Å². The molecule has 0 fully saturated rings. The van der Waals surface area contributed by atoms with Gasteiger partial charge in [-0.3, -0.25) is 19.7 Å². The van der Waals surface area contributed by atoms with Crippen LogP contribution in [0.25, 0.3) is 10.9 Å². The van der Waals surface area contributed by atoms with Gasteiger partial charge in [-0.25, -0.2) is 0 Å². The van der Waals surface area contributed by atoms with Gasteiger partial charge < -0.3 is 36.0 Å². The van der Waals surface area contributed by atoms with Crippen LogP contribution >= 0.6 is 0 Å². The molecule has 47 heavy (non-hydrogen) atoms. The van der Waals surface area contributed by atoms with Crippen molar-refractivity contribution in [1.82, 2.24) is 25.4 Å². The molecule has 0 spiro atoms. The molecule has 5 atom stereocenters. The summed E-state index contributed by atoms with van der Waals surface area (Å²) in [5, 5.41) is 31.3. The number of fused-ring (bicyclic) bond motifs is 1. The molecule has 7 N–H and O–H groups in total. The number of carboxylic acid groups (broad SMARTS) is 1. The Morgan fingerprint density at radius 2 is 1.70 bits per heavy atom. The smallest absolute Gasteiger partial charge is 0.320 e. The predicted octanol–water partition coefficient (Wildman–Crippen LogP) is 3.49. The quantitative estimate of drug-likeness (QED) is 0.0857. The van der Waals surface area contributed by atoms with Gasteiger partial charge in [0.25, 0.3) is 0 Å². The number of hydrogen-bond donors (Lipinski definition) is 6. The molecule has 0 aliphatic rings. The van der Waals surface area contributed by atoms with Crippen LogP contribution in [-0.4, -0.2) is 88.5 Å². The first-order chi connectivity index (χ1) is 21.7. The Balaban J connectivity index is 2.24. The maximum Gasteiger partial charge on any atom is 0.320 e. The highest BCUT2D eigenvalue weighted by Gasteiger charge is 2.42. The maximum atomic E-state index is 14.2. The van der Waals surface area contributed by atoms with Crippen LogP contribution in [0.4, 0.5) is 0 Å². The summed E-state index contributed by atoms with van der Waals surface area (Å²) >= 11 is 0. The van der Waals surface area contributed by atoms with E-state index in [1.165, 1.54) is 0 Å². The number of carbonyl (C=O) groups excluding carboxylic acids is 2. The van der Waals surface area contributed by atoms with Crippen molar-refractivity contribution in [2.45, 2.75) is 110 Å². The summed E-state index contributed by atoms with van der Waals surface area (Å²) < 4.78 is 2.09. The van der Waals surface area contributed by atoms with E-state index in [4.69, 9.17) is 10.8 Å². The highest BCUT2D eigenvalue weighted by molar-refractivity contribution is 5.93. The Morgan fingerprint density at radius 3 is 2.26 bits per heavy atom. The van der Waals surface area contributed by atoms with E-state index in [1.54, 1.807) is 18.9 Å². The number of aromatic nitrogens is 1. The number of hydrogen-bond acceptors (Lipinski definition) is 7. The number of nitrogens with one attached hydrogen (secondary N) is 3. The molecule has 1 aromatic carbocycles. The van der Waals surface area contributed by atoms with Crippen molar-refractivity contribution in [1.29, 1.82) is 0 Å². The Labute approximate surface area is 281 Å². The minimum absolute atomic E-state index is 0.00472. The zero-order valence-electron chi connectivity index (χ0n) is 30.3. The van der Waals surface area contributed by atoms with Gasteiger partial charge in [0, 0.05) is 48.7 Å². The summed E-state index contributed by atoms with van der Waals surface area (Å²) in [6, 6.07) is 5.74. The molecular formula is C36H60N6O5. The van der Waals surface area contributed by atoms with Gasteiger partial charge in [0.2, 0.25) is 11.8 Å². The average molecular weight is 657 g/mol. The molecule has 0 saturated carbocycles. The number of aryl methyl sites for hydroxylation is 1. The zero-order valence-corrected chi connectivity index (χ0v) is 30.3. The van der Waals surface area contributed by atoms with Crippen LogP contribution in [-0.2, 0) is 26.8 Å². The molecule has 2 aromatic rings. The molecule has 264 valence electrons. The van der Waals surface area contributed by atoms with Crippen molar-refractivity contribution in [3.63, 3.8) is 0 Å². The van der Waals surface area contributed by atoms with Crippen molar-refractivity contribution in [2.24, 2.45) is 24.1 Å². The number of amides is 2. The maximum absolute atomic E-state index is 14.2. The van der Waals surface area contributed by atoms with E-state index in [0.29, 0.717) is 31.4 Å². The second-order valence-corrected chi connectivity index (χ2v) is 14.8. The van der Waals surface area contributed by atoms with Crippen LogP contribution in [0.5, 0.6) is 0 Å². The average Bonchev–Trinajstić information content (AvgIpc) is 3.34. The number of carboxylic acids is 1. The number of rotatable bonds is 17. The Bertz CT molecular complexity index is 1390. The lowest BCUT2D eigenvalue weighted by Crippen LogP contribution is -2.63. The van der Waals surface area contributed by atoms with Crippen LogP contribution in [0, 0.1) is 11.3 Å². The van der Waals surface area contributed by atoms with Crippen molar-refractivity contribution in [2.75, 3.05) is 20.6 Å². The minimum Gasteiger partial charge on any atom is -0.480 e. The summed E-state index contributed by atoms with van der Waals surface area (Å²) in [4.78, 5) is 39.7. The van der Waals surface area contributed by atoms with Crippen LogP contribution < -0.4 is 21.7 Å². The fraction of sp³-hybridized carbons (Fsp3) is 0.639. The van der Waals surface area contributed by atoms with Gasteiger partial charge >= 0.3 is 5.97 Å². The van der Waals surface area contributed by atoms with Crippen molar-refractivity contribution < 1.29 is 24.6 Å². The lowest BCUT2D eigenvalue weighted by molar-refractivity contribution is -0.139. The van der Waals surface area contributed by atoms with Crippen LogP contribution in [0.3, 0.4) is 0 Å². The molecule has 1 aromatic heterocycles. The van der Waals surface area contributed by atoms with E-state index in [0.717, 1.165) is 16.5 Å². The first-order valence-corrected chi connectivity index (χ1v) is 16.6. The number of benzene rings is 1. The monoisotopic (exact) mass is 656 g/mol. The molecule has 11 nitrogen and oxygen atoms in total. The summed E-state index contributed by atoms with van der Waals surface area (Å²) in [6.45, 7) is 16.2. The molecule has 11 heteroatoms. The fourth-order valence-corrected chi connectivity index (χ4v) is 6.28. The topological polar surface area (TPSA) is 162 Å². The molecular weight excluding hydrogens is 596 g/mol. The minimum atomic E-state index is -1.07. The van der Waals surface area contributed by atoms with Gasteiger partial charge in [-0.2, -0.15) is 0 Å². The lowest BCUT2D eigenvalue weighted by atomic mass is 9.76. The van der Waals surface area contributed by atoms with Gasteiger partial charge in [-0.05, 0) is 56.2 Å². The van der Waals surface area contributed by atoms with Crippen LogP contribution in [0.15, 0.2) is 42.1 Å². The third kappa shape index (κ3) is 10.1. The second kappa shape index (κ2) is 16.7. The van der Waals surface area contributed by atoms with Gasteiger partial charge in [0.1, 0.15) is 12.3 Å². The predicted molar refractivity (Wildman–Crippen MR) is 189 cm³/mol. The van der Waals surface area contributed by atoms with E-state index in [9.17, 15) is 19.5 Å². The van der Waals surface area contributed by atoms with Gasteiger partial charge in [0.15, 0.2) is 0 Å². The number of aliphatic hydroxyl groups is 1. The van der Waals surface area contributed by atoms with E-state index in [1.807, 2.05) is 66.9 Å². The zero-order chi connectivity index (χ0) is 35.9. The van der Waals surface area contributed by atoms with Crippen molar-refractivity contribution >= 4 is 28.7 Å². The number of aliphatic carboxylic acids is 1. The molecule has 0 aliphatic carbocycles. The number of nitrogens with two attached hydrogens (primary N) is 1. The van der Waals surface area contributed by atoms with Crippen LogP contribution in [0.2, 0.25) is 0 Å². The summed E-state index contributed by atoms with van der Waals surface area (Å²) in [5.41, 5.74) is 7.17. The molecule has 2 amide bonds. The highest BCUT2D eigenvalue weighted by atomic mass is 16.4. The molecule has 1 heterocycles. The second-order valence-electron chi connectivity index (χ2n) is 14.8. The first kappa shape index (κ1) is 39.9. The fourth-order valence-electron chi connectivity index (χ4n) is 6.28. The summed E-state index contributed by atoms with van der Waals surface area (Å²) in [7, 11) is 5.57. The van der Waals surface area contributed by atoms with Gasteiger partial charge in [0.05, 0.1) is 18.1 Å². The number of likely N-dealkylation sites (N-methyl/N-ethyl adjacent to an activating group) is 2. The number of carbonyl (C=O) groups is 3. The van der Waals surface area contributed by atoms with Gasteiger partial charge in [-0.1, -0.05) is 72.7 Å². The Hall–Kier alpha value is -3.25. The molecule has 2 rings (SSSR count). The Morgan fingerprint density at radius 1 is 1.09 bits per heavy atom. The number of aliphatic hydroxyl groups excluding tert-OH is 1. The number of nitrogens with zero attached hydrogens (tertiary/aromatic N) is 2. The van der Waals surface area contributed by atoms with Gasteiger partial charge in [-0.15, -0.1) is 0 Å². The SMILES string of the molecule is CN[C@H](C(O)N[C@H](C(=O)N(C)[C@H](/C=C(\C)C(=O)NCCCC[C@@H](N)C(=O)O)C(C)C)C(C)(C)C)C(C)(C)c1cn(C)c2ccccc12. The summed E-state index contributed by atoms with van der Waals surface area (Å²) in [6.07, 6.45) is 4.39. The molecule has 0 radical (unpaired) electrons. The number of unbranched alkanes of at least 4 members (excludes halogenated alkanes) is 1. The van der Waals surface area contributed by atoms with E-state index in [-0.39, 0.29) is 23.8 Å². The lowest BCUT2D eigenvalue weighted by Gasteiger charge is -2.42. The Kier molecular flexibility index (Phi) is 14.2. The largest absolute Gasteiger partial charge is 0.480 e. The molecule has 1 unspecified atom stereocenters. The van der Waals surface area contributed by atoms with E-state index in [2.05, 4.69) is 52.7 Å². The normalized spacial score (nSPS) is 16.1. The number of para-hydroxylation sites is 1. The van der Waals surface area contributed by atoms with Crippen LogP contribution in [0.1, 0.15) is 80.2 Å². The molecule has 0 aliphatic heterocycles. The standard InChI is InChI=1S/C36H60N6O5/c1-22(2)28(20-23(3)31(43)39-19-15-14-17-26(37)34(46)47)42(11)33(45)30(35(4,5)6)40-32(44)29(38-9)36(7,8)25-21-41(10)27-18-13-12-16-24(25)27/h12-13,16,18,20-22,26,28-30,32,38,40,44H,14-15,17,19,37H2,1-11H3,(H,39,43)(H,46,47)/b23-20+/t26-,28-,29-,30-,32?/m1/s1. The summed E-state index contributed by atoms with van der Waals surface area (Å²) in [5.74, 6) is -1.46. The molecule has 0 saturated heterocycles. The third-order valence-electron chi connectivity index (χ3n) is 9.25. The molecule has 0 bridgehead atoms. The third-order valence-corrected chi connectivity index (χ3v) is 9.25. The van der Waals surface area contributed by atoms with Crippen molar-refractivity contribution in [3.8, 4) is 0 Å². The highest BCUT2D eigenvalue weighted by Crippen LogP contribution is 2.35. The first-order valence-electron chi connectivity index (χ1n) is 16.6.